The van der Waals surface area contributed by atoms with Gasteiger partial charge in [0.1, 0.15) is 5.01 Å². The summed E-state index contributed by atoms with van der Waals surface area (Å²) in [6.45, 7) is 0. The zero-order chi connectivity index (χ0) is 17.3. The van der Waals surface area contributed by atoms with Crippen LogP contribution in [0.15, 0.2) is 22.9 Å². The average Bonchev–Trinajstić information content (AvgIpc) is 3.19. The third kappa shape index (κ3) is 3.85. The van der Waals surface area contributed by atoms with E-state index in [4.69, 9.17) is 0 Å². The van der Waals surface area contributed by atoms with Gasteiger partial charge in [-0.2, -0.15) is 0 Å². The number of nitrogens with zero attached hydrogens (tertiary/aromatic N) is 3. The number of aromatic nitrogens is 1. The summed E-state index contributed by atoms with van der Waals surface area (Å²) in [5, 5.41) is 8.05. The topological polar surface area (TPSA) is 70.6 Å². The van der Waals surface area contributed by atoms with Crippen LogP contribution in [0.2, 0.25) is 0 Å². The molecule has 1 saturated heterocycles. The maximum Gasteiger partial charge on any atom is 0.243 e. The van der Waals surface area contributed by atoms with E-state index in [2.05, 4.69) is 4.98 Å². The van der Waals surface area contributed by atoms with E-state index in [0.717, 1.165) is 15.6 Å². The minimum absolute atomic E-state index is 0.0361. The van der Waals surface area contributed by atoms with Crippen LogP contribution in [0.5, 0.6) is 0 Å². The van der Waals surface area contributed by atoms with Crippen molar-refractivity contribution in [2.24, 2.45) is 0 Å². The van der Waals surface area contributed by atoms with Gasteiger partial charge in [-0.05, 0) is 17.9 Å². The van der Waals surface area contributed by atoms with Crippen molar-refractivity contribution in [2.75, 3.05) is 25.6 Å². The molecule has 6 nitrogen and oxygen atoms in total. The van der Waals surface area contributed by atoms with Gasteiger partial charge in [0.2, 0.25) is 5.91 Å². The highest BCUT2D eigenvalue weighted by Gasteiger charge is 2.36. The van der Waals surface area contributed by atoms with Gasteiger partial charge in [-0.25, -0.2) is 18.4 Å². The molecule has 0 unspecified atom stereocenters. The molecule has 9 heteroatoms. The predicted molar refractivity (Wildman–Crippen MR) is 96.7 cm³/mol. The van der Waals surface area contributed by atoms with E-state index in [1.807, 2.05) is 22.9 Å². The van der Waals surface area contributed by atoms with Crippen molar-refractivity contribution >= 4 is 38.4 Å². The predicted octanol–water partition coefficient (Wildman–Crippen LogP) is 1.91. The summed E-state index contributed by atoms with van der Waals surface area (Å²) >= 11 is 3.14. The van der Waals surface area contributed by atoms with Crippen LogP contribution >= 0.6 is 22.7 Å². The van der Waals surface area contributed by atoms with E-state index < -0.39 is 9.84 Å². The van der Waals surface area contributed by atoms with Crippen molar-refractivity contribution in [3.05, 3.63) is 28.6 Å². The molecule has 1 fully saturated rings. The maximum atomic E-state index is 12.7. The molecular weight excluding hydrogens is 366 g/mol. The number of carbonyl (C=O) groups is 1. The molecule has 0 radical (unpaired) electrons. The van der Waals surface area contributed by atoms with Crippen LogP contribution in [0.4, 0.5) is 0 Å². The molecule has 0 N–H and O–H groups in total. The van der Waals surface area contributed by atoms with E-state index in [1.54, 1.807) is 35.4 Å². The molecule has 2 aromatic rings. The number of amides is 1. The van der Waals surface area contributed by atoms with Crippen LogP contribution in [0.1, 0.15) is 12.1 Å². The first-order valence-electron chi connectivity index (χ1n) is 7.54. The Balaban J connectivity index is 1.72. The smallest absolute Gasteiger partial charge is 0.243 e. The number of thiazole rings is 1. The Morgan fingerprint density at radius 1 is 1.38 bits per heavy atom. The molecule has 24 heavy (non-hydrogen) atoms. The van der Waals surface area contributed by atoms with E-state index in [1.165, 1.54) is 11.3 Å². The summed E-state index contributed by atoms with van der Waals surface area (Å²) in [7, 11) is 0.491. The maximum absolute atomic E-state index is 12.7. The molecule has 0 saturated carbocycles. The minimum atomic E-state index is -3.04. The molecule has 1 aliphatic rings. The average molecular weight is 386 g/mol. The molecule has 0 aliphatic carbocycles. The summed E-state index contributed by atoms with van der Waals surface area (Å²) in [5.74, 6) is 0.0632. The first kappa shape index (κ1) is 17.5. The lowest BCUT2D eigenvalue weighted by molar-refractivity contribution is -0.148. The van der Waals surface area contributed by atoms with Crippen molar-refractivity contribution in [3.8, 4) is 9.88 Å². The fraction of sp³-hybridized carbons (Fsp3) is 0.467. The molecular formula is C15H19N3O3S3. The van der Waals surface area contributed by atoms with Gasteiger partial charge in [0.05, 0.1) is 34.5 Å². The number of thiophene rings is 1. The zero-order valence-corrected chi connectivity index (χ0v) is 16.0. The van der Waals surface area contributed by atoms with E-state index in [-0.39, 0.29) is 29.9 Å². The summed E-state index contributed by atoms with van der Waals surface area (Å²) in [4.78, 5) is 18.3. The van der Waals surface area contributed by atoms with Gasteiger partial charge in [0, 0.05) is 19.5 Å². The molecule has 0 spiro atoms. The fourth-order valence-corrected chi connectivity index (χ4v) is 6.18. The summed E-state index contributed by atoms with van der Waals surface area (Å²) in [5.41, 5.74) is 0.723. The zero-order valence-electron chi connectivity index (χ0n) is 13.5. The SMILES string of the molecule is CN(C)N(C(=O)Cc1csc(-c2cccs2)n1)[C@H]1CCS(=O)(=O)C1. The van der Waals surface area contributed by atoms with Gasteiger partial charge in [-0.15, -0.1) is 22.7 Å². The van der Waals surface area contributed by atoms with E-state index in [9.17, 15) is 13.2 Å². The third-order valence-electron chi connectivity index (χ3n) is 3.86. The van der Waals surface area contributed by atoms with Gasteiger partial charge in [-0.1, -0.05) is 6.07 Å². The number of hydrogen-bond acceptors (Lipinski definition) is 7. The lowest BCUT2D eigenvalue weighted by Crippen LogP contribution is -2.50. The first-order chi connectivity index (χ1) is 11.4. The minimum Gasteiger partial charge on any atom is -0.273 e. The molecule has 0 bridgehead atoms. The summed E-state index contributed by atoms with van der Waals surface area (Å²) in [6, 6.07) is 3.69. The molecule has 130 valence electrons. The fourth-order valence-electron chi connectivity index (χ4n) is 2.86. The second-order valence-electron chi connectivity index (χ2n) is 5.94. The van der Waals surface area contributed by atoms with Crippen LogP contribution in [0, 0.1) is 0 Å². The van der Waals surface area contributed by atoms with Crippen LogP contribution in [-0.2, 0) is 21.1 Å². The Labute approximate surface area is 149 Å². The van der Waals surface area contributed by atoms with Crippen LogP contribution in [0.3, 0.4) is 0 Å². The molecule has 1 atom stereocenters. The molecule has 3 rings (SSSR count). The Morgan fingerprint density at radius 2 is 2.17 bits per heavy atom. The quantitative estimate of drug-likeness (QED) is 0.735. The highest BCUT2D eigenvalue weighted by atomic mass is 32.2. The van der Waals surface area contributed by atoms with Gasteiger partial charge >= 0.3 is 0 Å². The van der Waals surface area contributed by atoms with Crippen molar-refractivity contribution < 1.29 is 13.2 Å². The van der Waals surface area contributed by atoms with Crippen molar-refractivity contribution in [1.82, 2.24) is 15.0 Å². The number of sulfone groups is 1. The second-order valence-corrected chi connectivity index (χ2v) is 9.97. The summed E-state index contributed by atoms with van der Waals surface area (Å²) < 4.78 is 23.4. The molecule has 0 aromatic carbocycles. The van der Waals surface area contributed by atoms with E-state index >= 15 is 0 Å². The monoisotopic (exact) mass is 385 g/mol. The summed E-state index contributed by atoms with van der Waals surface area (Å²) in [6.07, 6.45) is 0.667. The van der Waals surface area contributed by atoms with Crippen LogP contribution in [-0.4, -0.2) is 61.0 Å². The molecule has 1 aliphatic heterocycles. The lowest BCUT2D eigenvalue weighted by Gasteiger charge is -2.33. The van der Waals surface area contributed by atoms with Crippen LogP contribution < -0.4 is 0 Å². The van der Waals surface area contributed by atoms with Crippen LogP contribution in [0.25, 0.3) is 9.88 Å². The first-order valence-corrected chi connectivity index (χ1v) is 11.1. The third-order valence-corrected chi connectivity index (χ3v) is 7.54. The Kier molecular flexibility index (Phi) is 5.05. The largest absolute Gasteiger partial charge is 0.273 e. The van der Waals surface area contributed by atoms with Gasteiger partial charge in [0.15, 0.2) is 9.84 Å². The van der Waals surface area contributed by atoms with E-state index in [0.29, 0.717) is 6.42 Å². The lowest BCUT2D eigenvalue weighted by atomic mass is 10.2. The van der Waals surface area contributed by atoms with Crippen molar-refractivity contribution in [2.45, 2.75) is 18.9 Å². The Hall–Kier alpha value is -1.29. The number of hydrazine groups is 1. The molecule has 2 aromatic heterocycles. The second kappa shape index (κ2) is 6.91. The molecule has 1 amide bonds. The van der Waals surface area contributed by atoms with Gasteiger partial charge < -0.3 is 0 Å². The highest BCUT2D eigenvalue weighted by Crippen LogP contribution is 2.28. The Morgan fingerprint density at radius 3 is 2.75 bits per heavy atom. The Bertz CT molecular complexity index is 812. The molecule has 3 heterocycles. The van der Waals surface area contributed by atoms with Gasteiger partial charge in [0.25, 0.3) is 0 Å². The van der Waals surface area contributed by atoms with Crippen molar-refractivity contribution in [3.63, 3.8) is 0 Å². The van der Waals surface area contributed by atoms with Crippen molar-refractivity contribution in [1.29, 1.82) is 0 Å². The van der Waals surface area contributed by atoms with Gasteiger partial charge in [-0.3, -0.25) is 9.80 Å². The number of carbonyl (C=O) groups excluding carboxylic acids is 1. The number of rotatable bonds is 5. The number of hydrogen-bond donors (Lipinski definition) is 0. The normalized spacial score (nSPS) is 19.7. The standard InChI is InChI=1S/C15H19N3O3S3/c1-17(2)18(12-5-7-24(20,21)10-12)14(19)8-11-9-23-15(16-11)13-4-3-6-22-13/h3-4,6,9,12H,5,7-8,10H2,1-2H3/t12-/m0/s1. The highest BCUT2D eigenvalue weighted by molar-refractivity contribution is 7.91.